The summed E-state index contributed by atoms with van der Waals surface area (Å²) in [5.41, 5.74) is 2.49. The van der Waals surface area contributed by atoms with Crippen LogP contribution in [0.5, 0.6) is 0 Å². The molecule has 0 spiro atoms. The Kier molecular flexibility index (Phi) is 4.84. The minimum atomic E-state index is -3.77. The van der Waals surface area contributed by atoms with Gasteiger partial charge in [0.05, 0.1) is 23.3 Å². The van der Waals surface area contributed by atoms with E-state index in [2.05, 4.69) is 4.98 Å². The van der Waals surface area contributed by atoms with Gasteiger partial charge in [-0.1, -0.05) is 72.3 Å². The number of aryl methyl sites for hydroxylation is 1. The number of nitrogens with zero attached hydrogens (tertiary/aromatic N) is 2. The van der Waals surface area contributed by atoms with E-state index in [1.54, 1.807) is 24.5 Å². The van der Waals surface area contributed by atoms with Crippen LogP contribution in [0.1, 0.15) is 11.1 Å². The van der Waals surface area contributed by atoms with Gasteiger partial charge in [-0.05, 0) is 24.6 Å². The van der Waals surface area contributed by atoms with Gasteiger partial charge in [-0.3, -0.25) is 9.29 Å². The van der Waals surface area contributed by atoms with Crippen LogP contribution in [0.3, 0.4) is 0 Å². The minimum absolute atomic E-state index is 0.229. The maximum atomic E-state index is 13.6. The first-order valence-corrected chi connectivity index (χ1v) is 10.5. The molecule has 140 valence electrons. The molecule has 28 heavy (non-hydrogen) atoms. The predicted octanol–water partition coefficient (Wildman–Crippen LogP) is 4.94. The number of pyridine rings is 1. The Labute approximate surface area is 165 Å². The molecule has 0 N–H and O–H groups in total. The van der Waals surface area contributed by atoms with Crippen molar-refractivity contribution in [2.75, 3.05) is 4.31 Å². The zero-order valence-electron chi connectivity index (χ0n) is 15.5. The Morgan fingerprint density at radius 1 is 0.821 bits per heavy atom. The average molecular weight is 388 g/mol. The van der Waals surface area contributed by atoms with Gasteiger partial charge in [0.2, 0.25) is 0 Å². The van der Waals surface area contributed by atoms with Crippen molar-refractivity contribution in [2.45, 2.75) is 18.4 Å². The van der Waals surface area contributed by atoms with Gasteiger partial charge in [-0.25, -0.2) is 8.42 Å². The molecule has 0 aliphatic carbocycles. The lowest BCUT2D eigenvalue weighted by Gasteiger charge is -2.25. The molecule has 0 amide bonds. The number of benzene rings is 3. The van der Waals surface area contributed by atoms with Crippen molar-refractivity contribution in [3.8, 4) is 0 Å². The van der Waals surface area contributed by atoms with Crippen LogP contribution in [0.2, 0.25) is 0 Å². The molecule has 4 rings (SSSR count). The predicted molar refractivity (Wildman–Crippen MR) is 113 cm³/mol. The molecule has 0 bridgehead atoms. The second-order valence-corrected chi connectivity index (χ2v) is 8.55. The number of rotatable bonds is 5. The van der Waals surface area contributed by atoms with Crippen LogP contribution in [0.15, 0.2) is 96.2 Å². The summed E-state index contributed by atoms with van der Waals surface area (Å²) in [6, 6.07) is 24.2. The summed E-state index contributed by atoms with van der Waals surface area (Å²) < 4.78 is 28.6. The fourth-order valence-electron chi connectivity index (χ4n) is 3.19. The molecule has 0 saturated carbocycles. The molecular weight excluding hydrogens is 368 g/mol. The van der Waals surface area contributed by atoms with Gasteiger partial charge in [0.1, 0.15) is 0 Å². The van der Waals surface area contributed by atoms with Gasteiger partial charge in [-0.15, -0.1) is 0 Å². The van der Waals surface area contributed by atoms with Crippen molar-refractivity contribution in [1.29, 1.82) is 0 Å². The molecule has 1 aromatic heterocycles. The monoisotopic (exact) mass is 388 g/mol. The van der Waals surface area contributed by atoms with E-state index < -0.39 is 10.0 Å². The van der Waals surface area contributed by atoms with E-state index >= 15 is 0 Å². The van der Waals surface area contributed by atoms with Crippen molar-refractivity contribution >= 4 is 26.5 Å². The maximum absolute atomic E-state index is 13.6. The summed E-state index contributed by atoms with van der Waals surface area (Å²) in [7, 11) is -3.77. The Balaban J connectivity index is 1.90. The molecule has 0 atom stereocenters. The number of sulfonamides is 1. The highest BCUT2D eigenvalue weighted by Crippen LogP contribution is 2.31. The lowest BCUT2D eigenvalue weighted by molar-refractivity contribution is 0.590. The zero-order chi connectivity index (χ0) is 19.6. The molecule has 3 aromatic carbocycles. The van der Waals surface area contributed by atoms with Crippen molar-refractivity contribution in [1.82, 2.24) is 4.98 Å². The summed E-state index contributed by atoms with van der Waals surface area (Å²) in [6.45, 7) is 2.17. The standard InChI is InChI=1S/C23H20N2O2S/c1-18-11-13-21(14-12-18)28(26,27)25(17-19-7-3-2-4-8-19)23-16-24-15-20-9-5-6-10-22(20)23/h2-16H,17H2,1H3. The summed E-state index contributed by atoms with van der Waals surface area (Å²) in [5, 5.41) is 1.75. The molecular formula is C23H20N2O2S. The molecule has 5 heteroatoms. The quantitative estimate of drug-likeness (QED) is 0.487. The second-order valence-electron chi connectivity index (χ2n) is 6.69. The molecule has 4 nitrogen and oxygen atoms in total. The molecule has 1 heterocycles. The van der Waals surface area contributed by atoms with Gasteiger partial charge < -0.3 is 0 Å². The second kappa shape index (κ2) is 7.44. The summed E-state index contributed by atoms with van der Waals surface area (Å²) in [6.07, 6.45) is 3.37. The molecule has 0 unspecified atom stereocenters. The maximum Gasteiger partial charge on any atom is 0.264 e. The van der Waals surface area contributed by atoms with Gasteiger partial charge >= 0.3 is 0 Å². The van der Waals surface area contributed by atoms with Crippen LogP contribution in [-0.2, 0) is 16.6 Å². The molecule has 0 aliphatic rings. The third-order valence-electron chi connectivity index (χ3n) is 4.69. The SMILES string of the molecule is Cc1ccc(S(=O)(=O)N(Cc2ccccc2)c2cncc3ccccc23)cc1. The highest BCUT2D eigenvalue weighted by atomic mass is 32.2. The van der Waals surface area contributed by atoms with Gasteiger partial charge in [0.25, 0.3) is 10.0 Å². The van der Waals surface area contributed by atoms with E-state index in [0.717, 1.165) is 21.9 Å². The van der Waals surface area contributed by atoms with Crippen LogP contribution in [0, 0.1) is 6.92 Å². The van der Waals surface area contributed by atoms with Crippen LogP contribution >= 0.6 is 0 Å². The fourth-order valence-corrected chi connectivity index (χ4v) is 4.64. The summed E-state index contributed by atoms with van der Waals surface area (Å²) in [4.78, 5) is 4.56. The highest BCUT2D eigenvalue weighted by molar-refractivity contribution is 7.92. The van der Waals surface area contributed by atoms with E-state index in [4.69, 9.17) is 0 Å². The molecule has 0 aliphatic heterocycles. The van der Waals surface area contributed by atoms with E-state index in [1.807, 2.05) is 73.7 Å². The van der Waals surface area contributed by atoms with Crippen molar-refractivity contribution in [2.24, 2.45) is 0 Å². The number of anilines is 1. The topological polar surface area (TPSA) is 50.3 Å². The van der Waals surface area contributed by atoms with Gasteiger partial charge in [0.15, 0.2) is 0 Å². The lowest BCUT2D eigenvalue weighted by Crippen LogP contribution is -2.31. The van der Waals surface area contributed by atoms with Crippen LogP contribution in [-0.4, -0.2) is 13.4 Å². The minimum Gasteiger partial charge on any atom is -0.262 e. The summed E-state index contributed by atoms with van der Waals surface area (Å²) >= 11 is 0. The van der Waals surface area contributed by atoms with Crippen molar-refractivity contribution in [3.05, 3.63) is 102 Å². The largest absolute Gasteiger partial charge is 0.264 e. The Bertz CT molecular complexity index is 1200. The fraction of sp³-hybridized carbons (Fsp3) is 0.0870. The van der Waals surface area contributed by atoms with Crippen LogP contribution in [0.4, 0.5) is 5.69 Å². The van der Waals surface area contributed by atoms with E-state index in [-0.39, 0.29) is 11.4 Å². The molecule has 0 fully saturated rings. The highest BCUT2D eigenvalue weighted by Gasteiger charge is 2.26. The van der Waals surface area contributed by atoms with Crippen LogP contribution < -0.4 is 4.31 Å². The first-order valence-electron chi connectivity index (χ1n) is 9.02. The first-order chi connectivity index (χ1) is 13.6. The number of hydrogen-bond acceptors (Lipinski definition) is 3. The lowest BCUT2D eigenvalue weighted by atomic mass is 10.1. The smallest absolute Gasteiger partial charge is 0.262 e. The third kappa shape index (κ3) is 3.49. The Hall–Kier alpha value is -3.18. The van der Waals surface area contributed by atoms with Crippen molar-refractivity contribution in [3.63, 3.8) is 0 Å². The van der Waals surface area contributed by atoms with Crippen LogP contribution in [0.25, 0.3) is 10.8 Å². The zero-order valence-corrected chi connectivity index (χ0v) is 16.3. The molecule has 0 saturated heterocycles. The number of hydrogen-bond donors (Lipinski definition) is 0. The normalized spacial score (nSPS) is 11.5. The first kappa shape index (κ1) is 18.2. The van der Waals surface area contributed by atoms with E-state index in [1.165, 1.54) is 4.31 Å². The van der Waals surface area contributed by atoms with Crippen molar-refractivity contribution < 1.29 is 8.42 Å². The number of fused-ring (bicyclic) bond motifs is 1. The number of aromatic nitrogens is 1. The Morgan fingerprint density at radius 2 is 1.50 bits per heavy atom. The van der Waals surface area contributed by atoms with Gasteiger partial charge in [0, 0.05) is 17.0 Å². The van der Waals surface area contributed by atoms with Gasteiger partial charge in [-0.2, -0.15) is 0 Å². The van der Waals surface area contributed by atoms with E-state index in [0.29, 0.717) is 5.69 Å². The summed E-state index contributed by atoms with van der Waals surface area (Å²) in [5.74, 6) is 0. The Morgan fingerprint density at radius 3 is 2.25 bits per heavy atom. The van der Waals surface area contributed by atoms with E-state index in [9.17, 15) is 8.42 Å². The third-order valence-corrected chi connectivity index (χ3v) is 6.47. The average Bonchev–Trinajstić information content (AvgIpc) is 2.73. The molecule has 4 aromatic rings. The molecule has 0 radical (unpaired) electrons.